The Bertz CT molecular complexity index is 868. The standard InChI is InChI=1S/C23H28N2OS/c1-15-11-16(2)13-20(12-15)14-22(21-8-6-7-17(3)18(21)4)24-23-25(19(5)26)9-10-27-23/h6-8,11-13,22H,9-10,14H2,1-5H3. The maximum absolute atomic E-state index is 12.0. The summed E-state index contributed by atoms with van der Waals surface area (Å²) in [6, 6.07) is 13.1. The zero-order chi connectivity index (χ0) is 19.6. The van der Waals surface area contributed by atoms with Gasteiger partial charge in [-0.3, -0.25) is 14.7 Å². The van der Waals surface area contributed by atoms with Gasteiger partial charge >= 0.3 is 0 Å². The van der Waals surface area contributed by atoms with Crippen LogP contribution in [-0.4, -0.2) is 28.3 Å². The van der Waals surface area contributed by atoms with Crippen molar-refractivity contribution in [3.63, 3.8) is 0 Å². The lowest BCUT2D eigenvalue weighted by Crippen LogP contribution is -2.29. The number of rotatable bonds is 4. The molecule has 0 spiro atoms. The third-order valence-electron chi connectivity index (χ3n) is 5.14. The fourth-order valence-corrected chi connectivity index (χ4v) is 4.74. The molecular weight excluding hydrogens is 352 g/mol. The summed E-state index contributed by atoms with van der Waals surface area (Å²) in [5.41, 5.74) is 7.66. The molecule has 1 saturated heterocycles. The first kappa shape index (κ1) is 19.7. The van der Waals surface area contributed by atoms with Crippen molar-refractivity contribution >= 4 is 22.8 Å². The average molecular weight is 381 g/mol. The zero-order valence-corrected chi connectivity index (χ0v) is 17.7. The number of benzene rings is 2. The van der Waals surface area contributed by atoms with Crippen LogP contribution in [0, 0.1) is 27.7 Å². The highest BCUT2D eigenvalue weighted by Crippen LogP contribution is 2.31. The molecule has 0 aromatic heterocycles. The van der Waals surface area contributed by atoms with Gasteiger partial charge in [0.25, 0.3) is 0 Å². The molecule has 1 unspecified atom stereocenters. The fraction of sp³-hybridized carbons (Fsp3) is 0.391. The number of thioether (sulfide) groups is 1. The summed E-state index contributed by atoms with van der Waals surface area (Å²) in [7, 11) is 0. The molecule has 0 saturated carbocycles. The van der Waals surface area contributed by atoms with E-state index in [1.165, 1.54) is 33.4 Å². The number of amidine groups is 1. The zero-order valence-electron chi connectivity index (χ0n) is 16.9. The summed E-state index contributed by atoms with van der Waals surface area (Å²) in [5, 5.41) is 0.859. The van der Waals surface area contributed by atoms with Crippen molar-refractivity contribution in [3.8, 4) is 0 Å². The second-order valence-corrected chi connectivity index (χ2v) is 8.50. The van der Waals surface area contributed by atoms with Crippen LogP contribution in [0.4, 0.5) is 0 Å². The van der Waals surface area contributed by atoms with E-state index in [0.29, 0.717) is 0 Å². The highest BCUT2D eigenvalue weighted by atomic mass is 32.2. The van der Waals surface area contributed by atoms with Gasteiger partial charge in [-0.15, -0.1) is 0 Å². The van der Waals surface area contributed by atoms with E-state index in [-0.39, 0.29) is 11.9 Å². The van der Waals surface area contributed by atoms with Crippen LogP contribution < -0.4 is 0 Å². The minimum Gasteiger partial charge on any atom is -0.291 e. The molecule has 1 heterocycles. The second kappa shape index (κ2) is 8.30. The fourth-order valence-electron chi connectivity index (χ4n) is 3.70. The number of amides is 1. The lowest BCUT2D eigenvalue weighted by molar-refractivity contribution is -0.124. The SMILES string of the molecule is CC(=O)N1CCSC1=NC(Cc1cc(C)cc(C)c1)c1cccc(C)c1C. The molecule has 1 atom stereocenters. The van der Waals surface area contributed by atoms with Crippen LogP contribution >= 0.6 is 11.8 Å². The minimum atomic E-state index is 0.00792. The van der Waals surface area contributed by atoms with E-state index in [1.54, 1.807) is 18.7 Å². The minimum absolute atomic E-state index is 0.00792. The molecule has 1 fully saturated rings. The van der Waals surface area contributed by atoms with Gasteiger partial charge in [0, 0.05) is 19.2 Å². The van der Waals surface area contributed by atoms with Gasteiger partial charge < -0.3 is 0 Å². The van der Waals surface area contributed by atoms with Crippen molar-refractivity contribution in [1.29, 1.82) is 0 Å². The topological polar surface area (TPSA) is 32.7 Å². The molecule has 0 aliphatic carbocycles. The smallest absolute Gasteiger partial charge is 0.225 e. The van der Waals surface area contributed by atoms with Crippen molar-refractivity contribution in [2.45, 2.75) is 47.1 Å². The van der Waals surface area contributed by atoms with E-state index >= 15 is 0 Å². The third kappa shape index (κ3) is 4.62. The summed E-state index contributed by atoms with van der Waals surface area (Å²) in [4.78, 5) is 18.9. The van der Waals surface area contributed by atoms with E-state index in [1.807, 2.05) is 4.90 Å². The van der Waals surface area contributed by atoms with Gasteiger partial charge in [0.1, 0.15) is 0 Å². The van der Waals surface area contributed by atoms with E-state index in [0.717, 1.165) is 23.9 Å². The summed E-state index contributed by atoms with van der Waals surface area (Å²) < 4.78 is 0. The molecule has 1 aliphatic rings. The number of hydrogen-bond donors (Lipinski definition) is 0. The van der Waals surface area contributed by atoms with Gasteiger partial charge in [-0.2, -0.15) is 0 Å². The molecule has 0 radical (unpaired) electrons. The van der Waals surface area contributed by atoms with Crippen molar-refractivity contribution in [1.82, 2.24) is 4.90 Å². The first-order chi connectivity index (χ1) is 12.8. The first-order valence-corrected chi connectivity index (χ1v) is 10.5. The molecule has 1 aliphatic heterocycles. The Hall–Kier alpha value is -2.07. The van der Waals surface area contributed by atoms with E-state index in [2.05, 4.69) is 64.1 Å². The van der Waals surface area contributed by atoms with Crippen molar-refractivity contribution in [3.05, 3.63) is 69.8 Å². The van der Waals surface area contributed by atoms with Crippen LogP contribution in [-0.2, 0) is 11.2 Å². The summed E-state index contributed by atoms with van der Waals surface area (Å²) >= 11 is 1.68. The number of carbonyl (C=O) groups excluding carboxylic acids is 1. The molecule has 142 valence electrons. The van der Waals surface area contributed by atoms with Gasteiger partial charge in [-0.1, -0.05) is 59.3 Å². The number of hydrogen-bond acceptors (Lipinski definition) is 3. The lowest BCUT2D eigenvalue weighted by atomic mass is 9.92. The molecule has 2 aromatic rings. The highest BCUT2D eigenvalue weighted by Gasteiger charge is 2.25. The molecular formula is C23H28N2OS. The number of aryl methyl sites for hydroxylation is 3. The molecule has 0 N–H and O–H groups in total. The van der Waals surface area contributed by atoms with Crippen LogP contribution in [0.25, 0.3) is 0 Å². The number of aliphatic imine (C=N–C) groups is 1. The third-order valence-corrected chi connectivity index (χ3v) is 6.11. The number of carbonyl (C=O) groups is 1. The molecule has 2 aromatic carbocycles. The van der Waals surface area contributed by atoms with Crippen LogP contribution in [0.1, 0.15) is 46.3 Å². The normalized spacial score (nSPS) is 16.8. The quantitative estimate of drug-likeness (QED) is 0.734. The summed E-state index contributed by atoms with van der Waals surface area (Å²) in [5.74, 6) is 0.992. The average Bonchev–Trinajstić information content (AvgIpc) is 3.04. The monoisotopic (exact) mass is 380 g/mol. The van der Waals surface area contributed by atoms with Gasteiger partial charge in [-0.05, 0) is 56.4 Å². The Kier molecular flexibility index (Phi) is 6.05. The largest absolute Gasteiger partial charge is 0.291 e. The molecule has 27 heavy (non-hydrogen) atoms. The Labute approximate surface area is 166 Å². The van der Waals surface area contributed by atoms with Crippen LogP contribution in [0.15, 0.2) is 41.4 Å². The predicted octanol–water partition coefficient (Wildman–Crippen LogP) is 5.16. The second-order valence-electron chi connectivity index (χ2n) is 7.44. The highest BCUT2D eigenvalue weighted by molar-refractivity contribution is 8.14. The Morgan fingerprint density at radius 3 is 2.52 bits per heavy atom. The number of nitrogens with zero attached hydrogens (tertiary/aromatic N) is 2. The predicted molar refractivity (Wildman–Crippen MR) is 116 cm³/mol. The van der Waals surface area contributed by atoms with Crippen LogP contribution in [0.2, 0.25) is 0 Å². The molecule has 3 rings (SSSR count). The van der Waals surface area contributed by atoms with Gasteiger partial charge in [-0.25, -0.2) is 0 Å². The first-order valence-electron chi connectivity index (χ1n) is 9.47. The molecule has 1 amide bonds. The van der Waals surface area contributed by atoms with Crippen molar-refractivity contribution in [2.24, 2.45) is 4.99 Å². The van der Waals surface area contributed by atoms with E-state index in [4.69, 9.17) is 4.99 Å². The van der Waals surface area contributed by atoms with Crippen LogP contribution in [0.5, 0.6) is 0 Å². The molecule has 3 nitrogen and oxygen atoms in total. The van der Waals surface area contributed by atoms with Crippen molar-refractivity contribution in [2.75, 3.05) is 12.3 Å². The lowest BCUT2D eigenvalue weighted by Gasteiger charge is -2.21. The Balaban J connectivity index is 2.03. The maximum atomic E-state index is 12.0. The van der Waals surface area contributed by atoms with Gasteiger partial charge in [0.05, 0.1) is 6.04 Å². The van der Waals surface area contributed by atoms with Gasteiger partial charge in [0.15, 0.2) is 5.17 Å². The summed E-state index contributed by atoms with van der Waals surface area (Å²) in [6.45, 7) is 11.0. The Morgan fingerprint density at radius 2 is 1.85 bits per heavy atom. The maximum Gasteiger partial charge on any atom is 0.225 e. The van der Waals surface area contributed by atoms with Crippen molar-refractivity contribution < 1.29 is 4.79 Å². The molecule has 0 bridgehead atoms. The Morgan fingerprint density at radius 1 is 1.15 bits per heavy atom. The summed E-state index contributed by atoms with van der Waals surface area (Å²) in [6.07, 6.45) is 0.836. The van der Waals surface area contributed by atoms with E-state index < -0.39 is 0 Å². The van der Waals surface area contributed by atoms with E-state index in [9.17, 15) is 4.79 Å². The molecule has 4 heteroatoms. The van der Waals surface area contributed by atoms with Gasteiger partial charge in [0.2, 0.25) is 5.91 Å². The van der Waals surface area contributed by atoms with Crippen LogP contribution in [0.3, 0.4) is 0 Å².